The SMILES string of the molecule is CC(C)OP(=O)(/C=C/[C@]12C[C@@H]1[C@H](O)[C@@H]1OC(C)(C)O[C@@H]12)OC(C)C. The van der Waals surface area contributed by atoms with Crippen molar-refractivity contribution in [1.82, 2.24) is 0 Å². The molecule has 138 valence electrons. The first-order valence-electron chi connectivity index (χ1n) is 8.69. The molecule has 2 aliphatic carbocycles. The van der Waals surface area contributed by atoms with E-state index in [-0.39, 0.29) is 35.7 Å². The van der Waals surface area contributed by atoms with Gasteiger partial charge in [-0.2, -0.15) is 0 Å². The molecule has 0 amide bonds. The summed E-state index contributed by atoms with van der Waals surface area (Å²) in [6.45, 7) is 11.0. The molecule has 1 heterocycles. The Balaban J connectivity index is 1.82. The fourth-order valence-corrected chi connectivity index (χ4v) is 5.80. The molecule has 0 radical (unpaired) electrons. The molecule has 6 nitrogen and oxygen atoms in total. The lowest BCUT2D eigenvalue weighted by atomic mass is 10.00. The molecule has 0 spiro atoms. The van der Waals surface area contributed by atoms with Crippen molar-refractivity contribution in [2.75, 3.05) is 0 Å². The van der Waals surface area contributed by atoms with E-state index >= 15 is 0 Å². The van der Waals surface area contributed by atoms with Crippen molar-refractivity contribution >= 4 is 7.60 Å². The molecule has 7 heteroatoms. The predicted molar refractivity (Wildman–Crippen MR) is 89.6 cm³/mol. The first-order chi connectivity index (χ1) is 11.0. The molecule has 3 aliphatic rings. The third-order valence-corrected chi connectivity index (χ3v) is 6.74. The largest absolute Gasteiger partial charge is 0.390 e. The minimum absolute atomic E-state index is 0.0754. The van der Waals surface area contributed by atoms with Gasteiger partial charge in [0.1, 0.15) is 6.10 Å². The van der Waals surface area contributed by atoms with E-state index in [4.69, 9.17) is 18.5 Å². The van der Waals surface area contributed by atoms with Crippen LogP contribution in [0.15, 0.2) is 11.9 Å². The topological polar surface area (TPSA) is 74.2 Å². The molecule has 1 saturated heterocycles. The molecule has 0 unspecified atom stereocenters. The van der Waals surface area contributed by atoms with Crippen LogP contribution in [0.2, 0.25) is 0 Å². The summed E-state index contributed by atoms with van der Waals surface area (Å²) in [7, 11) is -3.35. The summed E-state index contributed by atoms with van der Waals surface area (Å²) >= 11 is 0. The third kappa shape index (κ3) is 3.25. The van der Waals surface area contributed by atoms with Crippen LogP contribution in [0, 0.1) is 11.3 Å². The minimum Gasteiger partial charge on any atom is -0.390 e. The number of aliphatic hydroxyl groups excluding tert-OH is 1. The summed E-state index contributed by atoms with van der Waals surface area (Å²) in [6, 6.07) is 0. The zero-order chi connectivity index (χ0) is 17.9. The van der Waals surface area contributed by atoms with Crippen LogP contribution in [0.25, 0.3) is 0 Å². The van der Waals surface area contributed by atoms with Gasteiger partial charge in [-0.25, -0.2) is 0 Å². The van der Waals surface area contributed by atoms with Gasteiger partial charge in [-0.05, 0) is 48.0 Å². The van der Waals surface area contributed by atoms with Crippen molar-refractivity contribution in [3.63, 3.8) is 0 Å². The zero-order valence-corrected chi connectivity index (χ0v) is 16.2. The molecule has 3 rings (SSSR count). The maximum atomic E-state index is 13.0. The van der Waals surface area contributed by atoms with E-state index < -0.39 is 19.5 Å². The second-order valence-electron chi connectivity index (χ2n) is 8.10. The molecule has 0 bridgehead atoms. The van der Waals surface area contributed by atoms with Gasteiger partial charge in [0.2, 0.25) is 0 Å². The van der Waals surface area contributed by atoms with Crippen molar-refractivity contribution < 1.29 is 28.2 Å². The van der Waals surface area contributed by atoms with Crippen LogP contribution in [-0.2, 0) is 23.1 Å². The zero-order valence-electron chi connectivity index (χ0n) is 15.3. The van der Waals surface area contributed by atoms with Gasteiger partial charge < -0.3 is 23.6 Å². The number of hydrogen-bond donors (Lipinski definition) is 1. The van der Waals surface area contributed by atoms with Gasteiger partial charge in [0.25, 0.3) is 0 Å². The lowest BCUT2D eigenvalue weighted by Crippen LogP contribution is -2.32. The molecule has 1 aliphatic heterocycles. The molecule has 24 heavy (non-hydrogen) atoms. The van der Waals surface area contributed by atoms with Crippen LogP contribution in [0.1, 0.15) is 48.0 Å². The van der Waals surface area contributed by atoms with Crippen LogP contribution in [-0.4, -0.2) is 41.4 Å². The number of aliphatic hydroxyl groups is 1. The van der Waals surface area contributed by atoms with Gasteiger partial charge in [-0.3, -0.25) is 4.57 Å². The summed E-state index contributed by atoms with van der Waals surface area (Å²) in [5.41, 5.74) is -0.339. The fourth-order valence-electron chi connectivity index (χ4n) is 3.97. The first kappa shape index (κ1) is 18.6. The molecule has 0 aromatic rings. The molecule has 3 fully saturated rings. The third-order valence-electron chi connectivity index (χ3n) is 4.79. The standard InChI is InChI=1S/C17H29O6P/c1-10(2)22-24(19,23-11(3)4)8-7-17-9-12(17)13(18)14-15(17)21-16(5,6)20-14/h7-8,10-15,18H,9H2,1-6H3/b8-7+/t12-,13+,14+,15+,17+/m1/s1. The predicted octanol–water partition coefficient (Wildman–Crippen LogP) is 3.44. The monoisotopic (exact) mass is 360 g/mol. The molecular weight excluding hydrogens is 331 g/mol. The second-order valence-corrected chi connectivity index (χ2v) is 9.90. The van der Waals surface area contributed by atoms with Gasteiger partial charge in [-0.1, -0.05) is 6.08 Å². The second kappa shape index (κ2) is 5.90. The Morgan fingerprint density at radius 2 is 1.75 bits per heavy atom. The average Bonchev–Trinajstić information content (AvgIpc) is 2.98. The van der Waals surface area contributed by atoms with E-state index in [1.165, 1.54) is 0 Å². The van der Waals surface area contributed by atoms with Crippen molar-refractivity contribution in [3.8, 4) is 0 Å². The molecular formula is C17H29O6P. The highest BCUT2D eigenvalue weighted by molar-refractivity contribution is 7.57. The van der Waals surface area contributed by atoms with Crippen LogP contribution < -0.4 is 0 Å². The van der Waals surface area contributed by atoms with E-state index in [9.17, 15) is 9.67 Å². The molecule has 5 atom stereocenters. The van der Waals surface area contributed by atoms with Crippen molar-refractivity contribution in [3.05, 3.63) is 11.9 Å². The lowest BCUT2D eigenvalue weighted by Gasteiger charge is -2.23. The first-order valence-corrected chi connectivity index (χ1v) is 10.3. The Bertz CT molecular complexity index is 557. The summed E-state index contributed by atoms with van der Waals surface area (Å²) in [6.07, 6.45) is 1.14. The van der Waals surface area contributed by atoms with Crippen LogP contribution in [0.5, 0.6) is 0 Å². The maximum absolute atomic E-state index is 13.0. The van der Waals surface area contributed by atoms with Gasteiger partial charge in [-0.15, -0.1) is 0 Å². The van der Waals surface area contributed by atoms with Crippen molar-refractivity contribution in [2.24, 2.45) is 11.3 Å². The quantitative estimate of drug-likeness (QED) is 0.732. The van der Waals surface area contributed by atoms with Gasteiger partial charge in [0.15, 0.2) is 5.79 Å². The number of fused-ring (bicyclic) bond motifs is 3. The van der Waals surface area contributed by atoms with E-state index in [0.717, 1.165) is 6.42 Å². The van der Waals surface area contributed by atoms with Gasteiger partial charge in [0.05, 0.1) is 24.4 Å². The van der Waals surface area contributed by atoms with Crippen LogP contribution in [0.3, 0.4) is 0 Å². The highest BCUT2D eigenvalue weighted by atomic mass is 31.2. The number of rotatable bonds is 6. The molecule has 2 saturated carbocycles. The van der Waals surface area contributed by atoms with E-state index in [1.54, 1.807) is 5.82 Å². The summed E-state index contributed by atoms with van der Waals surface area (Å²) in [5.74, 6) is 0.917. The average molecular weight is 360 g/mol. The Kier molecular flexibility index (Phi) is 4.56. The summed E-state index contributed by atoms with van der Waals surface area (Å²) in [4.78, 5) is 0. The van der Waals surface area contributed by atoms with E-state index in [0.29, 0.717) is 0 Å². The highest BCUT2D eigenvalue weighted by Crippen LogP contribution is 2.69. The van der Waals surface area contributed by atoms with Crippen LogP contribution >= 0.6 is 7.60 Å². The van der Waals surface area contributed by atoms with E-state index in [1.807, 2.05) is 47.6 Å². The Labute approximate surface area is 144 Å². The molecule has 1 N–H and O–H groups in total. The minimum atomic E-state index is -3.35. The summed E-state index contributed by atoms with van der Waals surface area (Å²) < 4.78 is 36.0. The van der Waals surface area contributed by atoms with Gasteiger partial charge >= 0.3 is 7.60 Å². The lowest BCUT2D eigenvalue weighted by molar-refractivity contribution is -0.165. The number of ether oxygens (including phenoxy) is 2. The molecule has 0 aromatic carbocycles. The van der Waals surface area contributed by atoms with Gasteiger partial charge in [0, 0.05) is 17.2 Å². The Morgan fingerprint density at radius 3 is 2.29 bits per heavy atom. The Morgan fingerprint density at radius 1 is 1.17 bits per heavy atom. The summed E-state index contributed by atoms with van der Waals surface area (Å²) in [5, 5.41) is 10.5. The highest BCUT2D eigenvalue weighted by Gasteiger charge is 2.74. The Hall–Kier alpha value is -0.230. The molecule has 0 aromatic heterocycles. The normalized spacial score (nSPS) is 40.5. The smallest absolute Gasteiger partial charge is 0.354 e. The van der Waals surface area contributed by atoms with Crippen molar-refractivity contribution in [2.45, 2.75) is 84.3 Å². The maximum Gasteiger partial charge on any atom is 0.354 e. The van der Waals surface area contributed by atoms with E-state index in [2.05, 4.69) is 0 Å². The fraction of sp³-hybridized carbons (Fsp3) is 0.882. The number of hydrogen-bond acceptors (Lipinski definition) is 6. The van der Waals surface area contributed by atoms with Crippen LogP contribution in [0.4, 0.5) is 0 Å². The van der Waals surface area contributed by atoms with Crippen molar-refractivity contribution in [1.29, 1.82) is 0 Å².